The smallest absolute Gasteiger partial charge is 0.146 e. The molecule has 0 aliphatic heterocycles. The molecule has 2 nitrogen and oxygen atoms in total. The molecule has 0 aliphatic carbocycles. The molecule has 0 amide bonds. The van der Waals surface area contributed by atoms with Gasteiger partial charge in [-0.05, 0) is 32.1 Å². The van der Waals surface area contributed by atoms with Gasteiger partial charge in [0, 0.05) is 12.5 Å². The summed E-state index contributed by atoms with van der Waals surface area (Å²) in [5.74, 6) is 0.802. The Kier molecular flexibility index (Phi) is 16.2. The maximum absolute atomic E-state index is 10.3. The van der Waals surface area contributed by atoms with E-state index in [0.717, 1.165) is 24.9 Å². The first kappa shape index (κ1) is 19.9. The molecular weight excluding hydrogens is 260 g/mol. The first-order chi connectivity index (χ1) is 10.3. The fraction of sp³-hybridized carbons (Fsp3) is 0.737. The van der Waals surface area contributed by atoms with Crippen LogP contribution in [0.2, 0.25) is 0 Å². The molecule has 0 aliphatic rings. The Bertz CT molecular complexity index is 279. The van der Waals surface area contributed by atoms with Crippen LogP contribution in [0.4, 0.5) is 0 Å². The molecule has 0 heterocycles. The normalized spacial score (nSPS) is 12.0. The molecular formula is C19H34O2. The van der Waals surface area contributed by atoms with Gasteiger partial charge in [0.15, 0.2) is 0 Å². The molecule has 0 bridgehead atoms. The third-order valence-electron chi connectivity index (χ3n) is 3.70. The minimum absolute atomic E-state index is 0.799. The molecule has 0 saturated carbocycles. The Labute approximate surface area is 131 Å². The SMILES string of the molecule is CCCCCC/C=C/CCCCCCC/C(=C/C=O)OC. The summed E-state index contributed by atoms with van der Waals surface area (Å²) < 4.78 is 5.12. The summed E-state index contributed by atoms with van der Waals surface area (Å²) in [5, 5.41) is 0. The summed E-state index contributed by atoms with van der Waals surface area (Å²) in [4.78, 5) is 10.3. The number of ether oxygens (including phenoxy) is 1. The molecule has 0 saturated heterocycles. The lowest BCUT2D eigenvalue weighted by Gasteiger charge is -2.04. The molecule has 0 unspecified atom stereocenters. The molecule has 0 aromatic carbocycles. The lowest BCUT2D eigenvalue weighted by molar-refractivity contribution is -0.104. The van der Waals surface area contributed by atoms with Crippen LogP contribution < -0.4 is 0 Å². The Morgan fingerprint density at radius 1 is 0.857 bits per heavy atom. The van der Waals surface area contributed by atoms with Gasteiger partial charge >= 0.3 is 0 Å². The quantitative estimate of drug-likeness (QED) is 0.122. The van der Waals surface area contributed by atoms with Crippen molar-refractivity contribution in [2.75, 3.05) is 7.11 Å². The molecule has 0 fully saturated rings. The van der Waals surface area contributed by atoms with E-state index in [0.29, 0.717) is 0 Å². The molecule has 0 atom stereocenters. The first-order valence-corrected chi connectivity index (χ1v) is 8.68. The van der Waals surface area contributed by atoms with E-state index in [-0.39, 0.29) is 0 Å². The highest BCUT2D eigenvalue weighted by molar-refractivity contribution is 5.65. The summed E-state index contributed by atoms with van der Waals surface area (Å²) in [6.07, 6.45) is 22.0. The van der Waals surface area contributed by atoms with Crippen molar-refractivity contribution in [1.82, 2.24) is 0 Å². The van der Waals surface area contributed by atoms with E-state index in [9.17, 15) is 4.79 Å². The van der Waals surface area contributed by atoms with Gasteiger partial charge in [-0.1, -0.05) is 57.6 Å². The minimum Gasteiger partial charge on any atom is -0.501 e. The summed E-state index contributed by atoms with van der Waals surface area (Å²) in [5.41, 5.74) is 0. The zero-order chi connectivity index (χ0) is 15.6. The van der Waals surface area contributed by atoms with Gasteiger partial charge in [-0.15, -0.1) is 0 Å². The average molecular weight is 294 g/mol. The van der Waals surface area contributed by atoms with Crippen molar-refractivity contribution in [3.63, 3.8) is 0 Å². The molecule has 0 radical (unpaired) electrons. The zero-order valence-electron chi connectivity index (χ0n) is 14.1. The standard InChI is InChI=1S/C19H34O2/c1-3-4-5-6-7-8-9-10-11-12-13-14-15-16-19(21-2)17-18-20/h8-9,17-18H,3-7,10-16H2,1-2H3/b9-8+,19-17-. The monoisotopic (exact) mass is 294 g/mol. The second kappa shape index (κ2) is 17.0. The Hall–Kier alpha value is -1.05. The number of allylic oxidation sites excluding steroid dienone is 4. The van der Waals surface area contributed by atoms with Gasteiger partial charge in [-0.3, -0.25) is 4.79 Å². The largest absolute Gasteiger partial charge is 0.501 e. The Morgan fingerprint density at radius 3 is 2.00 bits per heavy atom. The summed E-state index contributed by atoms with van der Waals surface area (Å²) in [6.45, 7) is 2.25. The molecule has 2 heteroatoms. The van der Waals surface area contributed by atoms with Crippen LogP contribution in [0.25, 0.3) is 0 Å². The van der Waals surface area contributed by atoms with Crippen LogP contribution in [0, 0.1) is 0 Å². The van der Waals surface area contributed by atoms with Crippen LogP contribution >= 0.6 is 0 Å². The van der Waals surface area contributed by atoms with E-state index in [1.165, 1.54) is 70.3 Å². The molecule has 0 aromatic heterocycles. The van der Waals surface area contributed by atoms with Crippen molar-refractivity contribution in [3.8, 4) is 0 Å². The van der Waals surface area contributed by atoms with Crippen LogP contribution in [0.15, 0.2) is 24.0 Å². The predicted octanol–water partition coefficient (Wildman–Crippen LogP) is 5.97. The van der Waals surface area contributed by atoms with Crippen molar-refractivity contribution < 1.29 is 9.53 Å². The maximum atomic E-state index is 10.3. The number of aldehydes is 1. The van der Waals surface area contributed by atoms with Crippen LogP contribution in [0.1, 0.15) is 84.0 Å². The first-order valence-electron chi connectivity index (χ1n) is 8.68. The third-order valence-corrected chi connectivity index (χ3v) is 3.70. The highest BCUT2D eigenvalue weighted by atomic mass is 16.5. The van der Waals surface area contributed by atoms with E-state index in [2.05, 4.69) is 19.1 Å². The van der Waals surface area contributed by atoms with Crippen molar-refractivity contribution in [1.29, 1.82) is 0 Å². The van der Waals surface area contributed by atoms with Crippen molar-refractivity contribution in [2.45, 2.75) is 84.0 Å². The highest BCUT2D eigenvalue weighted by Crippen LogP contribution is 2.12. The molecule has 0 spiro atoms. The van der Waals surface area contributed by atoms with Crippen LogP contribution in [-0.4, -0.2) is 13.4 Å². The van der Waals surface area contributed by atoms with Gasteiger partial charge in [0.25, 0.3) is 0 Å². The Balaban J connectivity index is 3.27. The van der Waals surface area contributed by atoms with Gasteiger partial charge in [0.2, 0.25) is 0 Å². The number of carbonyl (C=O) groups is 1. The minimum atomic E-state index is 0.799. The Morgan fingerprint density at radius 2 is 1.43 bits per heavy atom. The van der Waals surface area contributed by atoms with Crippen LogP contribution in [-0.2, 0) is 9.53 Å². The zero-order valence-corrected chi connectivity index (χ0v) is 14.1. The average Bonchev–Trinajstić information content (AvgIpc) is 2.50. The molecule has 0 rings (SSSR count). The molecule has 0 aromatic rings. The summed E-state index contributed by atoms with van der Waals surface area (Å²) >= 11 is 0. The van der Waals surface area contributed by atoms with E-state index in [1.54, 1.807) is 7.11 Å². The van der Waals surface area contributed by atoms with Crippen molar-refractivity contribution in [2.24, 2.45) is 0 Å². The number of methoxy groups -OCH3 is 1. The fourth-order valence-corrected chi connectivity index (χ4v) is 2.35. The van der Waals surface area contributed by atoms with Crippen molar-refractivity contribution in [3.05, 3.63) is 24.0 Å². The van der Waals surface area contributed by atoms with Gasteiger partial charge in [0.05, 0.1) is 12.9 Å². The summed E-state index contributed by atoms with van der Waals surface area (Å²) in [6, 6.07) is 0. The number of hydrogen-bond donors (Lipinski definition) is 0. The van der Waals surface area contributed by atoms with Gasteiger partial charge in [-0.2, -0.15) is 0 Å². The van der Waals surface area contributed by atoms with Gasteiger partial charge in [0.1, 0.15) is 6.29 Å². The second-order valence-corrected chi connectivity index (χ2v) is 5.60. The van der Waals surface area contributed by atoms with E-state index in [4.69, 9.17) is 4.74 Å². The second-order valence-electron chi connectivity index (χ2n) is 5.60. The summed E-state index contributed by atoms with van der Waals surface area (Å²) in [7, 11) is 1.63. The number of carbonyl (C=O) groups excluding carboxylic acids is 1. The van der Waals surface area contributed by atoms with Gasteiger partial charge in [-0.25, -0.2) is 0 Å². The van der Waals surface area contributed by atoms with E-state index >= 15 is 0 Å². The van der Waals surface area contributed by atoms with E-state index < -0.39 is 0 Å². The lowest BCUT2D eigenvalue weighted by Crippen LogP contribution is -1.88. The van der Waals surface area contributed by atoms with E-state index in [1.807, 2.05) is 0 Å². The number of unbranched alkanes of at least 4 members (excludes halogenated alkanes) is 9. The van der Waals surface area contributed by atoms with Crippen molar-refractivity contribution >= 4 is 6.29 Å². The number of rotatable bonds is 15. The lowest BCUT2D eigenvalue weighted by atomic mass is 10.1. The van der Waals surface area contributed by atoms with Crippen LogP contribution in [0.5, 0.6) is 0 Å². The maximum Gasteiger partial charge on any atom is 0.146 e. The number of hydrogen-bond acceptors (Lipinski definition) is 2. The molecule has 21 heavy (non-hydrogen) atoms. The highest BCUT2D eigenvalue weighted by Gasteiger charge is 1.96. The topological polar surface area (TPSA) is 26.3 Å². The van der Waals surface area contributed by atoms with Gasteiger partial charge < -0.3 is 4.74 Å². The third kappa shape index (κ3) is 15.2. The molecule has 122 valence electrons. The predicted molar refractivity (Wildman–Crippen MR) is 91.4 cm³/mol. The fourth-order valence-electron chi connectivity index (χ4n) is 2.35. The van der Waals surface area contributed by atoms with Crippen LogP contribution in [0.3, 0.4) is 0 Å². The molecule has 0 N–H and O–H groups in total.